The minimum atomic E-state index is 0.633. The highest BCUT2D eigenvalue weighted by Gasteiger charge is 2.06. The van der Waals surface area contributed by atoms with Gasteiger partial charge in [0.05, 0.1) is 0 Å². The molecule has 0 spiro atoms. The van der Waals surface area contributed by atoms with Crippen LogP contribution in [0.5, 0.6) is 0 Å². The monoisotopic (exact) mass is 244 g/mol. The van der Waals surface area contributed by atoms with Crippen molar-refractivity contribution in [2.75, 3.05) is 0 Å². The van der Waals surface area contributed by atoms with Crippen LogP contribution in [0.25, 0.3) is 0 Å². The highest BCUT2D eigenvalue weighted by Crippen LogP contribution is 2.24. The molecule has 0 aliphatic heterocycles. The van der Waals surface area contributed by atoms with E-state index in [1.165, 1.54) is 23.3 Å². The number of rotatable bonds is 3. The first-order valence-corrected chi connectivity index (χ1v) is 5.86. The average Bonchev–Trinajstić information content (AvgIpc) is 2.63. The molecule has 0 bridgehead atoms. The summed E-state index contributed by atoms with van der Waals surface area (Å²) < 4.78 is 4.37. The second kappa shape index (κ2) is 4.68. The molecular formula is C7H5ClN4S2. The quantitative estimate of drug-likeness (QED) is 0.612. The van der Waals surface area contributed by atoms with Crippen molar-refractivity contribution < 1.29 is 0 Å². The molecule has 0 radical (unpaired) electrons. The number of halogens is 1. The van der Waals surface area contributed by atoms with Gasteiger partial charge < -0.3 is 0 Å². The summed E-state index contributed by atoms with van der Waals surface area (Å²) in [6.07, 6.45) is 3.41. The van der Waals surface area contributed by atoms with Gasteiger partial charge in [0.1, 0.15) is 10.0 Å². The van der Waals surface area contributed by atoms with E-state index in [-0.39, 0.29) is 0 Å². The van der Waals surface area contributed by atoms with Crippen molar-refractivity contribution in [3.8, 4) is 0 Å². The fourth-order valence-electron chi connectivity index (χ4n) is 0.776. The summed E-state index contributed by atoms with van der Waals surface area (Å²) in [7, 11) is 0. The normalized spacial score (nSPS) is 10.4. The zero-order valence-corrected chi connectivity index (χ0v) is 9.31. The van der Waals surface area contributed by atoms with Gasteiger partial charge in [-0.1, -0.05) is 27.9 Å². The molecule has 2 aromatic rings. The third-order valence-corrected chi connectivity index (χ3v) is 3.26. The predicted octanol–water partition coefficient (Wildman–Crippen LogP) is 2.27. The standard InChI is InChI=1S/C7H5ClN4S2/c8-6-5(11-12-14-6)4-13-7-9-2-1-3-10-7/h1-3H,4H2. The van der Waals surface area contributed by atoms with Crippen molar-refractivity contribution >= 4 is 34.9 Å². The van der Waals surface area contributed by atoms with Crippen molar-refractivity contribution in [2.24, 2.45) is 0 Å². The molecule has 0 saturated heterocycles. The molecule has 2 heterocycles. The van der Waals surface area contributed by atoms with Crippen molar-refractivity contribution in [2.45, 2.75) is 10.9 Å². The Balaban J connectivity index is 1.99. The lowest BCUT2D eigenvalue weighted by Crippen LogP contribution is -1.86. The van der Waals surface area contributed by atoms with Crippen LogP contribution < -0.4 is 0 Å². The Bertz CT molecular complexity index is 405. The second-order valence-electron chi connectivity index (χ2n) is 2.31. The Hall–Kier alpha value is -0.720. The maximum atomic E-state index is 5.85. The van der Waals surface area contributed by atoms with Gasteiger partial charge in [0, 0.05) is 29.7 Å². The summed E-state index contributed by atoms with van der Waals surface area (Å²) in [5, 5.41) is 4.61. The van der Waals surface area contributed by atoms with Crippen LogP contribution in [-0.2, 0) is 5.75 Å². The van der Waals surface area contributed by atoms with Crippen LogP contribution in [0.1, 0.15) is 5.69 Å². The number of thioether (sulfide) groups is 1. The fraction of sp³-hybridized carbons (Fsp3) is 0.143. The molecule has 0 atom stereocenters. The van der Waals surface area contributed by atoms with E-state index in [1.54, 1.807) is 18.5 Å². The maximum absolute atomic E-state index is 5.85. The zero-order chi connectivity index (χ0) is 9.80. The molecular weight excluding hydrogens is 240 g/mol. The molecule has 0 N–H and O–H groups in total. The topological polar surface area (TPSA) is 51.6 Å². The van der Waals surface area contributed by atoms with Gasteiger partial charge in [-0.3, -0.25) is 0 Å². The van der Waals surface area contributed by atoms with Gasteiger partial charge in [0.25, 0.3) is 0 Å². The van der Waals surface area contributed by atoms with E-state index < -0.39 is 0 Å². The van der Waals surface area contributed by atoms with Crippen LogP contribution in [-0.4, -0.2) is 19.6 Å². The van der Waals surface area contributed by atoms with Crippen molar-refractivity contribution in [1.29, 1.82) is 0 Å². The van der Waals surface area contributed by atoms with E-state index in [1.807, 2.05) is 0 Å². The minimum Gasteiger partial charge on any atom is -0.231 e. The Kier molecular flexibility index (Phi) is 3.28. The smallest absolute Gasteiger partial charge is 0.187 e. The van der Waals surface area contributed by atoms with Crippen LogP contribution in [0.3, 0.4) is 0 Å². The maximum Gasteiger partial charge on any atom is 0.187 e. The molecule has 72 valence electrons. The molecule has 0 aliphatic rings. The van der Waals surface area contributed by atoms with Crippen molar-refractivity contribution in [3.63, 3.8) is 0 Å². The molecule has 2 rings (SSSR count). The first-order chi connectivity index (χ1) is 6.86. The largest absolute Gasteiger partial charge is 0.231 e. The molecule has 4 nitrogen and oxygen atoms in total. The van der Waals surface area contributed by atoms with Crippen LogP contribution >= 0.6 is 34.9 Å². The third-order valence-electron chi connectivity index (χ3n) is 1.39. The first-order valence-electron chi connectivity index (χ1n) is 3.73. The molecule has 0 saturated carbocycles. The Labute approximate surface area is 93.9 Å². The Morgan fingerprint density at radius 1 is 1.36 bits per heavy atom. The Morgan fingerprint density at radius 2 is 2.14 bits per heavy atom. The van der Waals surface area contributed by atoms with Crippen LogP contribution in [0.4, 0.5) is 0 Å². The van der Waals surface area contributed by atoms with E-state index in [4.69, 9.17) is 11.6 Å². The van der Waals surface area contributed by atoms with E-state index in [2.05, 4.69) is 19.6 Å². The molecule has 0 aromatic carbocycles. The van der Waals surface area contributed by atoms with E-state index in [0.717, 1.165) is 10.9 Å². The summed E-state index contributed by atoms with van der Waals surface area (Å²) in [5.41, 5.74) is 0.786. The number of hydrogen-bond donors (Lipinski definition) is 0. The molecule has 14 heavy (non-hydrogen) atoms. The number of nitrogens with zero attached hydrogens (tertiary/aromatic N) is 4. The molecule has 0 fully saturated rings. The number of hydrogen-bond acceptors (Lipinski definition) is 6. The fourth-order valence-corrected chi connectivity index (χ4v) is 2.31. The van der Waals surface area contributed by atoms with Gasteiger partial charge in [-0.15, -0.1) is 5.10 Å². The highest BCUT2D eigenvalue weighted by molar-refractivity contribution is 7.98. The first kappa shape index (κ1) is 9.82. The van der Waals surface area contributed by atoms with Crippen LogP contribution in [0, 0.1) is 0 Å². The molecule has 2 aromatic heterocycles. The van der Waals surface area contributed by atoms with E-state index >= 15 is 0 Å². The lowest BCUT2D eigenvalue weighted by molar-refractivity contribution is 0.963. The molecule has 0 aliphatic carbocycles. The van der Waals surface area contributed by atoms with Gasteiger partial charge >= 0.3 is 0 Å². The SMILES string of the molecule is Clc1snnc1CSc1ncccn1. The summed E-state index contributed by atoms with van der Waals surface area (Å²) in [6, 6.07) is 1.78. The lowest BCUT2D eigenvalue weighted by Gasteiger charge is -1.95. The Morgan fingerprint density at radius 3 is 2.79 bits per heavy atom. The highest BCUT2D eigenvalue weighted by atomic mass is 35.5. The predicted molar refractivity (Wildman–Crippen MR) is 56.5 cm³/mol. The molecule has 0 amide bonds. The average molecular weight is 245 g/mol. The van der Waals surface area contributed by atoms with Crippen LogP contribution in [0.2, 0.25) is 4.34 Å². The third kappa shape index (κ3) is 2.40. The van der Waals surface area contributed by atoms with E-state index in [9.17, 15) is 0 Å². The molecule has 7 heteroatoms. The van der Waals surface area contributed by atoms with Gasteiger partial charge in [-0.2, -0.15) is 0 Å². The second-order valence-corrected chi connectivity index (χ2v) is 4.61. The molecule has 0 unspecified atom stereocenters. The van der Waals surface area contributed by atoms with Crippen LogP contribution in [0.15, 0.2) is 23.6 Å². The van der Waals surface area contributed by atoms with Gasteiger partial charge in [0.2, 0.25) is 0 Å². The summed E-state index contributed by atoms with van der Waals surface area (Å²) in [6.45, 7) is 0. The minimum absolute atomic E-state index is 0.633. The summed E-state index contributed by atoms with van der Waals surface area (Å²) in [5.74, 6) is 0.652. The number of aromatic nitrogens is 4. The van der Waals surface area contributed by atoms with E-state index in [0.29, 0.717) is 10.1 Å². The van der Waals surface area contributed by atoms with Crippen molar-refractivity contribution in [3.05, 3.63) is 28.5 Å². The summed E-state index contributed by atoms with van der Waals surface area (Å²) in [4.78, 5) is 8.14. The van der Waals surface area contributed by atoms with Gasteiger partial charge in [0.15, 0.2) is 5.16 Å². The van der Waals surface area contributed by atoms with Gasteiger partial charge in [-0.25, -0.2) is 9.97 Å². The van der Waals surface area contributed by atoms with Crippen molar-refractivity contribution in [1.82, 2.24) is 19.6 Å². The lowest BCUT2D eigenvalue weighted by atomic mass is 10.6. The summed E-state index contributed by atoms with van der Waals surface area (Å²) >= 11 is 8.52. The van der Waals surface area contributed by atoms with Gasteiger partial charge in [-0.05, 0) is 6.07 Å². The zero-order valence-electron chi connectivity index (χ0n) is 6.92.